The first-order chi connectivity index (χ1) is 10.2. The van der Waals surface area contributed by atoms with Crippen molar-refractivity contribution in [1.82, 2.24) is 5.32 Å². The van der Waals surface area contributed by atoms with Gasteiger partial charge in [-0.15, -0.1) is 0 Å². The normalized spacial score (nSPS) is 10.4. The van der Waals surface area contributed by atoms with Gasteiger partial charge in [0.25, 0.3) is 0 Å². The summed E-state index contributed by atoms with van der Waals surface area (Å²) in [7, 11) is 0. The lowest BCUT2D eigenvalue weighted by Gasteiger charge is -2.09. The second kappa shape index (κ2) is 10.2. The van der Waals surface area contributed by atoms with E-state index in [-0.39, 0.29) is 12.4 Å². The largest absolute Gasteiger partial charge is 0.482 e. The molecule has 1 N–H and O–H groups in total. The first-order valence-electron chi connectivity index (χ1n) is 7.44. The Morgan fingerprint density at radius 1 is 1.24 bits per heavy atom. The number of unbranched alkanes of at least 4 members (excludes halogenated alkanes) is 1. The lowest BCUT2D eigenvalue weighted by atomic mass is 10.2. The summed E-state index contributed by atoms with van der Waals surface area (Å²) in [5.74, 6) is -0.464. The van der Waals surface area contributed by atoms with Gasteiger partial charge in [0.1, 0.15) is 11.6 Å². The molecule has 5 heteroatoms. The molecule has 0 heterocycles. The smallest absolute Gasteiger partial charge is 0.344 e. The van der Waals surface area contributed by atoms with Gasteiger partial charge in [0.2, 0.25) is 0 Å². The minimum Gasteiger partial charge on any atom is -0.482 e. The summed E-state index contributed by atoms with van der Waals surface area (Å²) in [6.07, 6.45) is 2.81. The maximum Gasteiger partial charge on any atom is 0.344 e. The highest BCUT2D eigenvalue weighted by Gasteiger charge is 2.06. The fourth-order valence-corrected chi connectivity index (χ4v) is 1.73. The topological polar surface area (TPSA) is 47.6 Å². The molecule has 0 saturated heterocycles. The van der Waals surface area contributed by atoms with Crippen molar-refractivity contribution in [3.05, 3.63) is 29.6 Å². The van der Waals surface area contributed by atoms with E-state index in [2.05, 4.69) is 12.2 Å². The Labute approximate surface area is 125 Å². The highest BCUT2D eigenvalue weighted by Crippen LogP contribution is 2.16. The van der Waals surface area contributed by atoms with Crippen molar-refractivity contribution in [2.75, 3.05) is 19.8 Å². The van der Waals surface area contributed by atoms with E-state index in [1.54, 1.807) is 6.07 Å². The van der Waals surface area contributed by atoms with Crippen LogP contribution in [0.1, 0.15) is 38.7 Å². The van der Waals surface area contributed by atoms with E-state index in [0.717, 1.165) is 31.4 Å². The van der Waals surface area contributed by atoms with Crippen molar-refractivity contribution in [1.29, 1.82) is 0 Å². The number of hydrogen-bond donors (Lipinski definition) is 1. The summed E-state index contributed by atoms with van der Waals surface area (Å²) >= 11 is 0. The van der Waals surface area contributed by atoms with Gasteiger partial charge in [0.05, 0.1) is 6.61 Å². The van der Waals surface area contributed by atoms with Gasteiger partial charge in [-0.3, -0.25) is 0 Å². The van der Waals surface area contributed by atoms with Crippen molar-refractivity contribution in [3.8, 4) is 5.75 Å². The fourth-order valence-electron chi connectivity index (χ4n) is 1.73. The average molecular weight is 297 g/mol. The molecule has 0 atom stereocenters. The summed E-state index contributed by atoms with van der Waals surface area (Å²) < 4.78 is 23.7. The van der Waals surface area contributed by atoms with E-state index in [1.807, 2.05) is 6.92 Å². The van der Waals surface area contributed by atoms with Gasteiger partial charge in [0.15, 0.2) is 6.61 Å². The van der Waals surface area contributed by atoms with E-state index in [1.165, 1.54) is 12.1 Å². The van der Waals surface area contributed by atoms with Gasteiger partial charge in [-0.25, -0.2) is 9.18 Å². The third-order valence-corrected chi connectivity index (χ3v) is 2.80. The molecule has 4 nitrogen and oxygen atoms in total. The molecule has 0 fully saturated rings. The summed E-state index contributed by atoms with van der Waals surface area (Å²) in [6.45, 7) is 5.73. The Morgan fingerprint density at radius 2 is 2.05 bits per heavy atom. The quantitative estimate of drug-likeness (QED) is 0.532. The Morgan fingerprint density at radius 3 is 2.76 bits per heavy atom. The second-order valence-electron chi connectivity index (χ2n) is 4.83. The average Bonchev–Trinajstić information content (AvgIpc) is 2.45. The number of carbonyl (C=O) groups is 1. The van der Waals surface area contributed by atoms with Crippen molar-refractivity contribution in [2.45, 2.75) is 39.7 Å². The number of rotatable bonds is 10. The van der Waals surface area contributed by atoms with Gasteiger partial charge in [0, 0.05) is 12.6 Å². The minimum atomic E-state index is -0.432. The summed E-state index contributed by atoms with van der Waals surface area (Å²) in [6, 6.07) is 4.45. The van der Waals surface area contributed by atoms with Gasteiger partial charge in [-0.2, -0.15) is 0 Å². The van der Waals surface area contributed by atoms with Crippen LogP contribution < -0.4 is 10.1 Å². The molecule has 0 aromatic heterocycles. The zero-order valence-electron chi connectivity index (χ0n) is 12.8. The van der Waals surface area contributed by atoms with Crippen LogP contribution in [0, 0.1) is 5.82 Å². The van der Waals surface area contributed by atoms with Crippen molar-refractivity contribution < 1.29 is 18.7 Å². The Balaban J connectivity index is 2.45. The molecule has 1 rings (SSSR count). The Hall–Kier alpha value is -1.62. The van der Waals surface area contributed by atoms with Crippen LogP contribution in [0.5, 0.6) is 5.75 Å². The first kappa shape index (κ1) is 17.4. The maximum atomic E-state index is 13.5. The SMILES string of the molecule is CCCCOC(=O)COc1cc(F)cc(CNCCC)c1. The predicted octanol–water partition coefficient (Wildman–Crippen LogP) is 3.05. The molecule has 118 valence electrons. The summed E-state index contributed by atoms with van der Waals surface area (Å²) in [5.41, 5.74) is 0.790. The molecule has 0 spiro atoms. The fraction of sp³-hybridized carbons (Fsp3) is 0.562. The Kier molecular flexibility index (Phi) is 8.43. The lowest BCUT2D eigenvalue weighted by molar-refractivity contribution is -0.146. The van der Waals surface area contributed by atoms with Gasteiger partial charge < -0.3 is 14.8 Å². The highest BCUT2D eigenvalue weighted by molar-refractivity contribution is 5.71. The van der Waals surface area contributed by atoms with Gasteiger partial charge in [-0.1, -0.05) is 20.3 Å². The van der Waals surface area contributed by atoms with Crippen LogP contribution >= 0.6 is 0 Å². The number of carbonyl (C=O) groups excluding carboxylic acids is 1. The molecule has 1 aromatic rings. The van der Waals surface area contributed by atoms with E-state index < -0.39 is 5.97 Å². The Bertz CT molecular complexity index is 438. The van der Waals surface area contributed by atoms with Crippen LogP contribution in [0.3, 0.4) is 0 Å². The molecule has 0 unspecified atom stereocenters. The number of hydrogen-bond acceptors (Lipinski definition) is 4. The lowest BCUT2D eigenvalue weighted by Crippen LogP contribution is -2.16. The number of esters is 1. The third-order valence-electron chi connectivity index (χ3n) is 2.80. The van der Waals surface area contributed by atoms with Gasteiger partial charge in [-0.05, 0) is 37.1 Å². The molecular formula is C16H24FNO3. The van der Waals surface area contributed by atoms with Crippen LogP contribution in [0.25, 0.3) is 0 Å². The molecule has 0 aliphatic carbocycles. The minimum absolute atomic E-state index is 0.199. The van der Waals surface area contributed by atoms with Crippen LogP contribution in [-0.2, 0) is 16.1 Å². The van der Waals surface area contributed by atoms with Crippen LogP contribution in [0.2, 0.25) is 0 Å². The molecule has 21 heavy (non-hydrogen) atoms. The third kappa shape index (κ3) is 7.66. The maximum absolute atomic E-state index is 13.5. The number of nitrogens with one attached hydrogen (secondary N) is 1. The zero-order valence-corrected chi connectivity index (χ0v) is 12.8. The van der Waals surface area contributed by atoms with Crippen molar-refractivity contribution >= 4 is 5.97 Å². The molecular weight excluding hydrogens is 273 g/mol. The molecule has 0 bridgehead atoms. The molecule has 0 aliphatic rings. The zero-order chi connectivity index (χ0) is 15.5. The van der Waals surface area contributed by atoms with Crippen LogP contribution in [-0.4, -0.2) is 25.7 Å². The molecule has 0 radical (unpaired) electrons. The summed E-state index contributed by atoms with van der Waals surface area (Å²) in [5, 5.41) is 3.19. The number of halogens is 1. The van der Waals surface area contributed by atoms with Crippen molar-refractivity contribution in [2.24, 2.45) is 0 Å². The van der Waals surface area contributed by atoms with Gasteiger partial charge >= 0.3 is 5.97 Å². The van der Waals surface area contributed by atoms with Crippen LogP contribution in [0.4, 0.5) is 4.39 Å². The molecule has 1 aromatic carbocycles. The molecule has 0 aliphatic heterocycles. The number of benzene rings is 1. The van der Waals surface area contributed by atoms with Crippen molar-refractivity contribution in [3.63, 3.8) is 0 Å². The molecule has 0 saturated carbocycles. The highest BCUT2D eigenvalue weighted by atomic mass is 19.1. The van der Waals surface area contributed by atoms with E-state index >= 15 is 0 Å². The predicted molar refractivity (Wildman–Crippen MR) is 79.8 cm³/mol. The van der Waals surface area contributed by atoms with E-state index in [4.69, 9.17) is 9.47 Å². The van der Waals surface area contributed by atoms with E-state index in [0.29, 0.717) is 18.9 Å². The monoisotopic (exact) mass is 297 g/mol. The van der Waals surface area contributed by atoms with E-state index in [9.17, 15) is 9.18 Å². The standard InChI is InChI=1S/C16H24FNO3/c1-3-5-7-20-16(19)12-21-15-9-13(8-14(17)10-15)11-18-6-4-2/h8-10,18H,3-7,11-12H2,1-2H3. The first-order valence-corrected chi connectivity index (χ1v) is 7.44. The second-order valence-corrected chi connectivity index (χ2v) is 4.83. The number of ether oxygens (including phenoxy) is 2. The molecule has 0 amide bonds. The van der Waals surface area contributed by atoms with Crippen LogP contribution in [0.15, 0.2) is 18.2 Å². The summed E-state index contributed by atoms with van der Waals surface area (Å²) in [4.78, 5) is 11.4.